The van der Waals surface area contributed by atoms with Crippen LogP contribution in [0.15, 0.2) is 30.5 Å². The fourth-order valence-electron chi connectivity index (χ4n) is 1.09. The van der Waals surface area contributed by atoms with Gasteiger partial charge in [0, 0.05) is 5.70 Å². The van der Waals surface area contributed by atoms with Gasteiger partial charge in [-0.3, -0.25) is 0 Å². The molecule has 0 unspecified atom stereocenters. The van der Waals surface area contributed by atoms with Crippen LogP contribution in [0.2, 0.25) is 0 Å². The number of esters is 1. The third kappa shape index (κ3) is 3.24. The molecule has 0 heterocycles. The number of ether oxygens (including phenoxy) is 1. The van der Waals surface area contributed by atoms with Crippen molar-refractivity contribution in [2.45, 2.75) is 6.92 Å². The maximum absolute atomic E-state index is 11.3. The van der Waals surface area contributed by atoms with Crippen molar-refractivity contribution in [2.75, 3.05) is 7.11 Å². The molecule has 0 saturated carbocycles. The van der Waals surface area contributed by atoms with Gasteiger partial charge in [0.15, 0.2) is 5.75 Å². The van der Waals surface area contributed by atoms with Crippen LogP contribution in [0.3, 0.4) is 0 Å². The molecular formula is C12H12N2O3. The number of nitriles is 1. The zero-order chi connectivity index (χ0) is 12.8. The smallest absolute Gasteiger partial charge is 0.337 e. The van der Waals surface area contributed by atoms with Crippen molar-refractivity contribution in [3.05, 3.63) is 41.6 Å². The first-order chi connectivity index (χ1) is 8.08. The molecule has 1 rings (SSSR count). The van der Waals surface area contributed by atoms with Crippen molar-refractivity contribution < 1.29 is 14.4 Å². The summed E-state index contributed by atoms with van der Waals surface area (Å²) in [6.07, 6.45) is 0. The largest absolute Gasteiger partial charge is 0.465 e. The molecule has 0 saturated heterocycles. The lowest BCUT2D eigenvalue weighted by molar-refractivity contribution is 0.0600. The van der Waals surface area contributed by atoms with E-state index in [-0.39, 0.29) is 5.75 Å². The lowest BCUT2D eigenvalue weighted by atomic mass is 10.1. The van der Waals surface area contributed by atoms with Gasteiger partial charge in [0.1, 0.15) is 6.07 Å². The van der Waals surface area contributed by atoms with Gasteiger partial charge in [-0.05, 0) is 25.1 Å². The first kappa shape index (κ1) is 12.6. The van der Waals surface area contributed by atoms with Gasteiger partial charge in [0.2, 0.25) is 0 Å². The first-order valence-corrected chi connectivity index (χ1v) is 4.79. The van der Waals surface area contributed by atoms with E-state index in [0.717, 1.165) is 0 Å². The number of hydrogen-bond donors (Lipinski definition) is 1. The molecule has 0 bridgehead atoms. The number of hydrogen-bond acceptors (Lipinski definition) is 5. The zero-order valence-corrected chi connectivity index (χ0v) is 9.61. The summed E-state index contributed by atoms with van der Waals surface area (Å²) >= 11 is 0. The van der Waals surface area contributed by atoms with Crippen LogP contribution >= 0.6 is 0 Å². The molecule has 5 nitrogen and oxygen atoms in total. The molecule has 1 aromatic rings. The van der Waals surface area contributed by atoms with Crippen molar-refractivity contribution >= 4 is 5.97 Å². The topological polar surface area (TPSA) is 71.3 Å². The van der Waals surface area contributed by atoms with Crippen LogP contribution in [0.1, 0.15) is 22.8 Å². The van der Waals surface area contributed by atoms with Gasteiger partial charge >= 0.3 is 5.97 Å². The molecule has 1 aromatic carbocycles. The molecule has 88 valence electrons. The van der Waals surface area contributed by atoms with E-state index >= 15 is 0 Å². The Morgan fingerprint density at radius 2 is 2.24 bits per heavy atom. The standard InChI is InChI=1S/C12H12N2O3/c1-8(2)14-17-11-6-9(12(15)16-3)4-5-10(11)7-13/h4-6,14H,1H2,2-3H3. The highest BCUT2D eigenvalue weighted by molar-refractivity contribution is 5.90. The van der Waals surface area contributed by atoms with Crippen LogP contribution in [-0.4, -0.2) is 13.1 Å². The summed E-state index contributed by atoms with van der Waals surface area (Å²) in [7, 11) is 1.28. The maximum atomic E-state index is 11.3. The molecule has 17 heavy (non-hydrogen) atoms. The fraction of sp³-hybridized carbons (Fsp3) is 0.167. The molecule has 0 radical (unpaired) electrons. The Kier molecular flexibility index (Phi) is 4.12. The van der Waals surface area contributed by atoms with Crippen LogP contribution in [0.4, 0.5) is 0 Å². The number of methoxy groups -OCH3 is 1. The molecule has 0 aliphatic heterocycles. The Balaban J connectivity index is 3.03. The van der Waals surface area contributed by atoms with E-state index < -0.39 is 5.97 Å². The number of allylic oxidation sites excluding steroid dienone is 1. The van der Waals surface area contributed by atoms with Crippen molar-refractivity contribution in [1.82, 2.24) is 5.48 Å². The first-order valence-electron chi connectivity index (χ1n) is 4.79. The van der Waals surface area contributed by atoms with Gasteiger partial charge in [-0.1, -0.05) is 6.58 Å². The van der Waals surface area contributed by atoms with Crippen LogP contribution in [0.25, 0.3) is 0 Å². The fourth-order valence-corrected chi connectivity index (χ4v) is 1.09. The van der Waals surface area contributed by atoms with E-state index in [1.54, 1.807) is 6.92 Å². The summed E-state index contributed by atoms with van der Waals surface area (Å²) in [6.45, 7) is 5.29. The van der Waals surface area contributed by atoms with Crippen molar-refractivity contribution in [1.29, 1.82) is 5.26 Å². The number of benzene rings is 1. The van der Waals surface area contributed by atoms with Gasteiger partial charge in [-0.2, -0.15) is 5.26 Å². The SMILES string of the molecule is C=C(C)NOc1cc(C(=O)OC)ccc1C#N. The molecule has 0 aliphatic carbocycles. The Labute approximate surface area is 99.2 Å². The average molecular weight is 232 g/mol. The third-order valence-electron chi connectivity index (χ3n) is 1.86. The van der Waals surface area contributed by atoms with Crippen LogP contribution in [-0.2, 0) is 4.74 Å². The van der Waals surface area contributed by atoms with Gasteiger partial charge in [-0.25, -0.2) is 10.3 Å². The number of carbonyl (C=O) groups is 1. The zero-order valence-electron chi connectivity index (χ0n) is 9.61. The van der Waals surface area contributed by atoms with Crippen molar-refractivity contribution in [2.24, 2.45) is 0 Å². The second-order valence-electron chi connectivity index (χ2n) is 3.30. The highest BCUT2D eigenvalue weighted by atomic mass is 16.6. The highest BCUT2D eigenvalue weighted by Crippen LogP contribution is 2.19. The van der Waals surface area contributed by atoms with E-state index in [1.165, 1.54) is 25.3 Å². The summed E-state index contributed by atoms with van der Waals surface area (Å²) in [5, 5.41) is 8.87. The lowest BCUT2D eigenvalue weighted by Gasteiger charge is -2.09. The Bertz CT molecular complexity index is 489. The second-order valence-corrected chi connectivity index (χ2v) is 3.30. The predicted molar refractivity (Wildman–Crippen MR) is 61.1 cm³/mol. The monoisotopic (exact) mass is 232 g/mol. The van der Waals surface area contributed by atoms with Gasteiger partial charge in [0.25, 0.3) is 0 Å². The molecule has 0 fully saturated rings. The van der Waals surface area contributed by atoms with Crippen molar-refractivity contribution in [3.63, 3.8) is 0 Å². The predicted octanol–water partition coefficient (Wildman–Crippen LogP) is 1.76. The molecule has 1 N–H and O–H groups in total. The minimum absolute atomic E-state index is 0.249. The molecule has 0 amide bonds. The summed E-state index contributed by atoms with van der Waals surface area (Å²) in [5.74, 6) is -0.243. The van der Waals surface area contributed by atoms with E-state index in [9.17, 15) is 4.79 Å². The summed E-state index contributed by atoms with van der Waals surface area (Å²) in [4.78, 5) is 16.4. The average Bonchev–Trinajstić information content (AvgIpc) is 2.34. The lowest BCUT2D eigenvalue weighted by Crippen LogP contribution is -2.16. The molecule has 5 heteroatoms. The molecular weight excluding hydrogens is 220 g/mol. The molecule has 0 atom stereocenters. The van der Waals surface area contributed by atoms with E-state index in [4.69, 9.17) is 10.1 Å². The van der Waals surface area contributed by atoms with Crippen LogP contribution in [0, 0.1) is 11.3 Å². The van der Waals surface area contributed by atoms with Crippen molar-refractivity contribution in [3.8, 4) is 11.8 Å². The number of hydroxylamine groups is 1. The minimum atomic E-state index is -0.491. The van der Waals surface area contributed by atoms with Gasteiger partial charge in [0.05, 0.1) is 18.2 Å². The normalized spacial score (nSPS) is 9.00. The number of nitrogens with zero attached hydrogens (tertiary/aromatic N) is 1. The third-order valence-corrected chi connectivity index (χ3v) is 1.86. The number of nitrogens with one attached hydrogen (secondary N) is 1. The van der Waals surface area contributed by atoms with E-state index in [1.807, 2.05) is 6.07 Å². The maximum Gasteiger partial charge on any atom is 0.337 e. The highest BCUT2D eigenvalue weighted by Gasteiger charge is 2.11. The van der Waals surface area contributed by atoms with Crippen LogP contribution < -0.4 is 10.3 Å². The molecule has 0 spiro atoms. The summed E-state index contributed by atoms with van der Waals surface area (Å²) in [5.41, 5.74) is 3.73. The van der Waals surface area contributed by atoms with Crippen LogP contribution in [0.5, 0.6) is 5.75 Å². The number of carbonyl (C=O) groups excluding carboxylic acids is 1. The summed E-state index contributed by atoms with van der Waals surface area (Å²) in [6, 6.07) is 6.37. The second kappa shape index (κ2) is 5.56. The molecule has 0 aliphatic rings. The van der Waals surface area contributed by atoms with Gasteiger partial charge in [-0.15, -0.1) is 0 Å². The molecule has 0 aromatic heterocycles. The quantitative estimate of drug-likeness (QED) is 0.632. The minimum Gasteiger partial charge on any atom is -0.465 e. The van der Waals surface area contributed by atoms with E-state index in [2.05, 4.69) is 16.8 Å². The number of rotatable bonds is 4. The Morgan fingerprint density at radius 1 is 1.53 bits per heavy atom. The Morgan fingerprint density at radius 3 is 2.76 bits per heavy atom. The van der Waals surface area contributed by atoms with E-state index in [0.29, 0.717) is 16.8 Å². The summed E-state index contributed by atoms with van der Waals surface area (Å²) < 4.78 is 4.57. The van der Waals surface area contributed by atoms with Gasteiger partial charge < -0.3 is 9.57 Å². The Hall–Kier alpha value is -2.48.